The van der Waals surface area contributed by atoms with Crippen molar-refractivity contribution in [3.63, 3.8) is 0 Å². The fourth-order valence-electron chi connectivity index (χ4n) is 1.58. The Morgan fingerprint density at radius 2 is 2.06 bits per heavy atom. The number of azide groups is 1. The summed E-state index contributed by atoms with van der Waals surface area (Å²) in [5.41, 5.74) is 8.02. The van der Waals surface area contributed by atoms with Crippen LogP contribution in [0, 0.1) is 0 Å². The van der Waals surface area contributed by atoms with Crippen LogP contribution in [0.1, 0.15) is 0 Å². The number of hydrogen-bond donors (Lipinski definition) is 5. The van der Waals surface area contributed by atoms with Crippen molar-refractivity contribution in [3.05, 3.63) is 10.4 Å². The average Bonchev–Trinajstić information content (AvgIpc) is 2.36. The van der Waals surface area contributed by atoms with Crippen molar-refractivity contribution in [3.8, 4) is 0 Å². The third-order valence-electron chi connectivity index (χ3n) is 2.51. The van der Waals surface area contributed by atoms with Gasteiger partial charge in [0.15, 0.2) is 6.29 Å². The van der Waals surface area contributed by atoms with Gasteiger partial charge in [-0.1, -0.05) is 5.11 Å². The van der Waals surface area contributed by atoms with Crippen LogP contribution >= 0.6 is 0 Å². The SMILES string of the molecule is [N-]=[N+]=NCC(=O)N[C@H]1C(O)[C@@H](O)C(CO)O[C@H]1O. The molecule has 0 radical (unpaired) electrons. The van der Waals surface area contributed by atoms with Crippen molar-refractivity contribution >= 4 is 5.91 Å². The topological polar surface area (TPSA) is 168 Å². The van der Waals surface area contributed by atoms with E-state index in [0.717, 1.165) is 0 Å². The standard InChI is InChI=1S/C8H14N4O6/c9-12-10-1-4(14)11-5-7(16)6(15)3(2-13)18-8(5)17/h3,5-8,13,15-17H,1-2H2,(H,11,14)/t3?,5-,6-,7?,8+/m0/s1. The predicted molar refractivity (Wildman–Crippen MR) is 55.9 cm³/mol. The lowest BCUT2D eigenvalue weighted by Gasteiger charge is -2.40. The van der Waals surface area contributed by atoms with E-state index in [4.69, 9.17) is 15.4 Å². The molecule has 5 N–H and O–H groups in total. The van der Waals surface area contributed by atoms with Gasteiger partial charge in [-0.25, -0.2) is 0 Å². The summed E-state index contributed by atoms with van der Waals surface area (Å²) in [5.74, 6) is -0.742. The first-order valence-corrected chi connectivity index (χ1v) is 5.12. The molecule has 5 atom stereocenters. The molecule has 0 aromatic carbocycles. The molecule has 1 fully saturated rings. The van der Waals surface area contributed by atoms with Gasteiger partial charge in [0.05, 0.1) is 6.61 Å². The number of nitrogens with one attached hydrogen (secondary N) is 1. The highest BCUT2D eigenvalue weighted by Gasteiger charge is 2.44. The summed E-state index contributed by atoms with van der Waals surface area (Å²) >= 11 is 0. The Morgan fingerprint density at radius 1 is 1.39 bits per heavy atom. The number of carbonyl (C=O) groups is 1. The highest BCUT2D eigenvalue weighted by atomic mass is 16.6. The van der Waals surface area contributed by atoms with E-state index in [-0.39, 0.29) is 0 Å². The lowest BCUT2D eigenvalue weighted by Crippen LogP contribution is -2.64. The van der Waals surface area contributed by atoms with E-state index in [1.807, 2.05) is 0 Å². The molecular formula is C8H14N4O6. The number of ether oxygens (including phenoxy) is 1. The molecule has 10 nitrogen and oxygen atoms in total. The van der Waals surface area contributed by atoms with Gasteiger partial charge in [-0.3, -0.25) is 4.79 Å². The van der Waals surface area contributed by atoms with Crippen LogP contribution in [0.25, 0.3) is 10.4 Å². The van der Waals surface area contributed by atoms with Crippen molar-refractivity contribution < 1.29 is 30.0 Å². The Kier molecular flexibility index (Phi) is 5.28. The van der Waals surface area contributed by atoms with Crippen molar-refractivity contribution in [2.45, 2.75) is 30.6 Å². The number of hydrogen-bond acceptors (Lipinski definition) is 7. The first-order chi connectivity index (χ1) is 8.51. The summed E-state index contributed by atoms with van der Waals surface area (Å²) in [6, 6.07) is -1.27. The second-order valence-electron chi connectivity index (χ2n) is 3.71. The van der Waals surface area contributed by atoms with Crippen LogP contribution in [0.2, 0.25) is 0 Å². The fourth-order valence-corrected chi connectivity index (χ4v) is 1.58. The van der Waals surface area contributed by atoms with Gasteiger partial charge in [-0.2, -0.15) is 0 Å². The normalized spacial score (nSPS) is 35.7. The molecule has 1 saturated heterocycles. The maximum Gasteiger partial charge on any atom is 0.226 e. The van der Waals surface area contributed by atoms with Crippen molar-refractivity contribution in [2.75, 3.05) is 13.2 Å². The summed E-state index contributed by atoms with van der Waals surface area (Å²) in [5, 5.41) is 42.7. The van der Waals surface area contributed by atoms with Gasteiger partial charge in [0, 0.05) is 4.91 Å². The van der Waals surface area contributed by atoms with Crippen molar-refractivity contribution in [1.82, 2.24) is 5.32 Å². The summed E-state index contributed by atoms with van der Waals surface area (Å²) in [6.07, 6.45) is -5.69. The summed E-state index contributed by atoms with van der Waals surface area (Å²) in [4.78, 5) is 13.6. The fraction of sp³-hybridized carbons (Fsp3) is 0.875. The molecule has 0 aromatic heterocycles. The van der Waals surface area contributed by atoms with Gasteiger partial charge < -0.3 is 30.5 Å². The van der Waals surface area contributed by atoms with E-state index in [1.165, 1.54) is 0 Å². The first kappa shape index (κ1) is 14.6. The zero-order valence-electron chi connectivity index (χ0n) is 9.25. The van der Waals surface area contributed by atoms with E-state index in [2.05, 4.69) is 15.3 Å². The lowest BCUT2D eigenvalue weighted by atomic mass is 9.97. The summed E-state index contributed by atoms with van der Waals surface area (Å²) < 4.78 is 4.81. The lowest BCUT2D eigenvalue weighted by molar-refractivity contribution is -0.253. The maximum absolute atomic E-state index is 11.2. The average molecular weight is 262 g/mol. The van der Waals surface area contributed by atoms with E-state index < -0.39 is 49.7 Å². The smallest absolute Gasteiger partial charge is 0.226 e. The van der Waals surface area contributed by atoms with Crippen LogP contribution in [0.5, 0.6) is 0 Å². The number of nitrogens with zero attached hydrogens (tertiary/aromatic N) is 3. The van der Waals surface area contributed by atoms with E-state index in [9.17, 15) is 20.1 Å². The molecule has 0 bridgehead atoms. The van der Waals surface area contributed by atoms with Crippen LogP contribution in [0.3, 0.4) is 0 Å². The molecule has 10 heteroatoms. The molecule has 2 unspecified atom stereocenters. The molecule has 1 heterocycles. The monoisotopic (exact) mass is 262 g/mol. The van der Waals surface area contributed by atoms with E-state index in [1.54, 1.807) is 0 Å². The molecule has 1 rings (SSSR count). The van der Waals surface area contributed by atoms with Crippen LogP contribution in [0.4, 0.5) is 0 Å². The van der Waals surface area contributed by atoms with Crippen LogP contribution in [0.15, 0.2) is 5.11 Å². The molecule has 0 aromatic rings. The number of amides is 1. The van der Waals surface area contributed by atoms with Gasteiger partial charge >= 0.3 is 0 Å². The zero-order chi connectivity index (χ0) is 13.7. The molecule has 0 saturated carbocycles. The van der Waals surface area contributed by atoms with Gasteiger partial charge in [0.25, 0.3) is 0 Å². The zero-order valence-corrected chi connectivity index (χ0v) is 9.25. The minimum atomic E-state index is -1.59. The quantitative estimate of drug-likeness (QED) is 0.208. The minimum Gasteiger partial charge on any atom is -0.394 e. The van der Waals surface area contributed by atoms with Gasteiger partial charge in [0.1, 0.15) is 30.9 Å². The second-order valence-corrected chi connectivity index (χ2v) is 3.71. The Balaban J connectivity index is 2.64. The van der Waals surface area contributed by atoms with Crippen LogP contribution in [-0.4, -0.2) is 70.1 Å². The molecule has 1 amide bonds. The third-order valence-corrected chi connectivity index (χ3v) is 2.51. The number of aliphatic hydroxyl groups excluding tert-OH is 4. The highest BCUT2D eigenvalue weighted by molar-refractivity contribution is 5.78. The third kappa shape index (κ3) is 3.29. The molecule has 18 heavy (non-hydrogen) atoms. The summed E-state index contributed by atoms with van der Waals surface area (Å²) in [7, 11) is 0. The molecule has 1 aliphatic heterocycles. The van der Waals surface area contributed by atoms with Crippen LogP contribution < -0.4 is 5.32 Å². The number of aliphatic hydroxyl groups is 4. The molecule has 0 aliphatic carbocycles. The van der Waals surface area contributed by atoms with E-state index in [0.29, 0.717) is 0 Å². The second kappa shape index (κ2) is 6.50. The van der Waals surface area contributed by atoms with Gasteiger partial charge in [-0.05, 0) is 5.53 Å². The molecule has 0 spiro atoms. The Morgan fingerprint density at radius 3 is 2.61 bits per heavy atom. The Bertz CT molecular complexity index is 346. The van der Waals surface area contributed by atoms with Crippen molar-refractivity contribution in [2.24, 2.45) is 5.11 Å². The predicted octanol–water partition coefficient (Wildman–Crippen LogP) is -2.79. The molecule has 102 valence electrons. The van der Waals surface area contributed by atoms with E-state index >= 15 is 0 Å². The summed E-state index contributed by atoms with van der Waals surface area (Å²) in [6.45, 7) is -1.10. The highest BCUT2D eigenvalue weighted by Crippen LogP contribution is 2.19. The molecular weight excluding hydrogens is 248 g/mol. The molecule has 1 aliphatic rings. The van der Waals surface area contributed by atoms with Gasteiger partial charge in [0.2, 0.25) is 5.91 Å². The number of rotatable bonds is 4. The Hall–Kier alpha value is -1.42. The van der Waals surface area contributed by atoms with Gasteiger partial charge in [-0.15, -0.1) is 0 Å². The van der Waals surface area contributed by atoms with Crippen LogP contribution in [-0.2, 0) is 9.53 Å². The van der Waals surface area contributed by atoms with Crippen molar-refractivity contribution in [1.29, 1.82) is 0 Å². The Labute approximate surface area is 101 Å². The first-order valence-electron chi connectivity index (χ1n) is 5.12. The minimum absolute atomic E-state index is 0.508. The largest absolute Gasteiger partial charge is 0.394 e. The maximum atomic E-state index is 11.2. The number of carbonyl (C=O) groups excluding carboxylic acids is 1.